The number of nitrogens with zero attached hydrogens (tertiary/aromatic N) is 1. The summed E-state index contributed by atoms with van der Waals surface area (Å²) in [7, 11) is 0. The van der Waals surface area contributed by atoms with Crippen LogP contribution in [-0.2, 0) is 6.18 Å². The molecule has 4 nitrogen and oxygen atoms in total. The second kappa shape index (κ2) is 9.00. The first-order valence-corrected chi connectivity index (χ1v) is 9.38. The largest absolute Gasteiger partial charge is 0.418 e. The third-order valence-corrected chi connectivity index (χ3v) is 5.13. The van der Waals surface area contributed by atoms with E-state index in [9.17, 15) is 22.4 Å². The molecular formula is C20H22ClF4N3O. The van der Waals surface area contributed by atoms with Crippen LogP contribution in [0.4, 0.5) is 28.9 Å². The van der Waals surface area contributed by atoms with Crippen LogP contribution in [0.15, 0.2) is 30.3 Å². The Morgan fingerprint density at radius 3 is 2.38 bits per heavy atom. The van der Waals surface area contributed by atoms with Gasteiger partial charge in [-0.05, 0) is 55.9 Å². The maximum Gasteiger partial charge on any atom is 0.418 e. The van der Waals surface area contributed by atoms with Crippen LogP contribution in [0.25, 0.3) is 0 Å². The van der Waals surface area contributed by atoms with Crippen molar-refractivity contribution in [2.45, 2.75) is 33.0 Å². The van der Waals surface area contributed by atoms with Gasteiger partial charge in [-0.3, -0.25) is 9.69 Å². The summed E-state index contributed by atoms with van der Waals surface area (Å²) in [6.07, 6.45) is -4.84. The fourth-order valence-corrected chi connectivity index (χ4v) is 3.51. The van der Waals surface area contributed by atoms with E-state index in [4.69, 9.17) is 17.3 Å². The Morgan fingerprint density at radius 2 is 1.83 bits per heavy atom. The maximum atomic E-state index is 13.3. The van der Waals surface area contributed by atoms with Gasteiger partial charge >= 0.3 is 6.18 Å². The number of rotatable bonds is 6. The van der Waals surface area contributed by atoms with Crippen molar-refractivity contribution in [1.82, 2.24) is 4.90 Å². The third-order valence-electron chi connectivity index (χ3n) is 4.71. The number of benzene rings is 2. The summed E-state index contributed by atoms with van der Waals surface area (Å²) in [6.45, 7) is 7.31. The van der Waals surface area contributed by atoms with Gasteiger partial charge in [-0.1, -0.05) is 25.4 Å². The Bertz CT molecular complexity index is 898. The molecule has 3 N–H and O–H groups in total. The predicted octanol–water partition coefficient (Wildman–Crippen LogP) is 5.74. The van der Waals surface area contributed by atoms with E-state index in [1.165, 1.54) is 6.07 Å². The zero-order valence-electron chi connectivity index (χ0n) is 16.2. The molecule has 0 spiro atoms. The zero-order chi connectivity index (χ0) is 21.9. The lowest BCUT2D eigenvalue weighted by Gasteiger charge is -2.28. The van der Waals surface area contributed by atoms with E-state index in [0.29, 0.717) is 11.6 Å². The minimum absolute atomic E-state index is 0.0573. The average molecular weight is 432 g/mol. The fraction of sp³-hybridized carbons (Fsp3) is 0.350. The summed E-state index contributed by atoms with van der Waals surface area (Å²) in [5, 5.41) is 2.28. The van der Waals surface area contributed by atoms with Crippen LogP contribution in [0.1, 0.15) is 48.3 Å². The van der Waals surface area contributed by atoms with E-state index < -0.39 is 29.2 Å². The van der Waals surface area contributed by atoms with Gasteiger partial charge < -0.3 is 11.1 Å². The Balaban J connectivity index is 2.45. The van der Waals surface area contributed by atoms with Gasteiger partial charge in [-0.2, -0.15) is 13.2 Å². The van der Waals surface area contributed by atoms with E-state index >= 15 is 0 Å². The summed E-state index contributed by atoms with van der Waals surface area (Å²) in [5.74, 6) is -1.93. The number of halogens is 5. The Hall–Kier alpha value is -2.32. The van der Waals surface area contributed by atoms with Crippen molar-refractivity contribution in [1.29, 1.82) is 0 Å². The molecule has 0 radical (unpaired) electrons. The van der Waals surface area contributed by atoms with Crippen molar-refractivity contribution in [3.63, 3.8) is 0 Å². The van der Waals surface area contributed by atoms with E-state index in [-0.39, 0.29) is 22.3 Å². The molecule has 9 heteroatoms. The van der Waals surface area contributed by atoms with Gasteiger partial charge in [-0.25, -0.2) is 4.39 Å². The Kier molecular flexibility index (Phi) is 7.13. The van der Waals surface area contributed by atoms with E-state index in [1.807, 2.05) is 20.8 Å². The third kappa shape index (κ3) is 5.19. The first kappa shape index (κ1) is 23.0. The standard InChI is InChI=1S/C20H22ClF4N3O/c1-4-28(5-2)11(3)14-9-13(26)10-15(18(14)21)19(29)27-17-7-6-12(22)8-16(17)20(23,24)25/h6-11H,4-5,26H2,1-3H3,(H,27,29). The molecule has 1 atom stereocenters. The molecule has 2 aromatic rings. The molecule has 0 heterocycles. The molecule has 0 aliphatic rings. The van der Waals surface area contributed by atoms with Crippen LogP contribution < -0.4 is 11.1 Å². The van der Waals surface area contributed by atoms with Crippen molar-refractivity contribution >= 4 is 28.9 Å². The van der Waals surface area contributed by atoms with Crippen LogP contribution in [0, 0.1) is 5.82 Å². The predicted molar refractivity (Wildman–Crippen MR) is 107 cm³/mol. The quantitative estimate of drug-likeness (QED) is 0.453. The molecule has 0 saturated heterocycles. The van der Waals surface area contributed by atoms with Gasteiger partial charge in [0.05, 0.1) is 21.8 Å². The first-order valence-electron chi connectivity index (χ1n) is 9.00. The fourth-order valence-electron chi connectivity index (χ4n) is 3.16. The second-order valence-corrected chi connectivity index (χ2v) is 6.89. The summed E-state index contributed by atoms with van der Waals surface area (Å²) < 4.78 is 52.9. The van der Waals surface area contributed by atoms with Crippen LogP contribution in [0.5, 0.6) is 0 Å². The van der Waals surface area contributed by atoms with Gasteiger partial charge in [0.25, 0.3) is 5.91 Å². The lowest BCUT2D eigenvalue weighted by molar-refractivity contribution is -0.137. The van der Waals surface area contributed by atoms with Crippen molar-refractivity contribution in [3.8, 4) is 0 Å². The highest BCUT2D eigenvalue weighted by atomic mass is 35.5. The zero-order valence-corrected chi connectivity index (χ0v) is 17.0. The number of nitrogen functional groups attached to an aromatic ring is 1. The van der Waals surface area contributed by atoms with Crippen molar-refractivity contribution in [2.24, 2.45) is 0 Å². The van der Waals surface area contributed by atoms with Gasteiger partial charge in [0.15, 0.2) is 0 Å². The second-order valence-electron chi connectivity index (χ2n) is 6.51. The molecule has 1 amide bonds. The number of nitrogens with two attached hydrogens (primary N) is 1. The van der Waals surface area contributed by atoms with Crippen LogP contribution in [0.3, 0.4) is 0 Å². The van der Waals surface area contributed by atoms with Crippen molar-refractivity contribution in [2.75, 3.05) is 24.1 Å². The van der Waals surface area contributed by atoms with Gasteiger partial charge in [0, 0.05) is 11.7 Å². The van der Waals surface area contributed by atoms with Gasteiger partial charge in [0.1, 0.15) is 5.82 Å². The Labute approximate surface area is 171 Å². The molecule has 2 aromatic carbocycles. The number of alkyl halides is 3. The topological polar surface area (TPSA) is 58.4 Å². The Morgan fingerprint density at radius 1 is 1.21 bits per heavy atom. The van der Waals surface area contributed by atoms with Crippen LogP contribution >= 0.6 is 11.6 Å². The molecule has 0 bridgehead atoms. The highest BCUT2D eigenvalue weighted by Crippen LogP contribution is 2.37. The highest BCUT2D eigenvalue weighted by molar-refractivity contribution is 6.35. The molecule has 0 aliphatic heterocycles. The minimum Gasteiger partial charge on any atom is -0.399 e. The van der Waals surface area contributed by atoms with Crippen molar-refractivity contribution in [3.05, 3.63) is 57.9 Å². The normalized spacial score (nSPS) is 12.9. The molecule has 1 unspecified atom stereocenters. The van der Waals surface area contributed by atoms with Crippen molar-refractivity contribution < 1.29 is 22.4 Å². The first-order chi connectivity index (χ1) is 13.5. The molecule has 0 saturated carbocycles. The molecule has 29 heavy (non-hydrogen) atoms. The summed E-state index contributed by atoms with van der Waals surface area (Å²) in [6, 6.07) is 4.79. The number of carbonyl (C=O) groups is 1. The lowest BCUT2D eigenvalue weighted by Crippen LogP contribution is -2.27. The average Bonchev–Trinajstić information content (AvgIpc) is 2.64. The van der Waals surface area contributed by atoms with Gasteiger partial charge in [-0.15, -0.1) is 0 Å². The molecule has 0 aliphatic carbocycles. The minimum atomic E-state index is -4.84. The summed E-state index contributed by atoms with van der Waals surface area (Å²) in [4.78, 5) is 14.8. The summed E-state index contributed by atoms with van der Waals surface area (Å²) >= 11 is 6.42. The van der Waals surface area contributed by atoms with E-state index in [0.717, 1.165) is 25.2 Å². The van der Waals surface area contributed by atoms with E-state index in [2.05, 4.69) is 10.2 Å². The SMILES string of the molecule is CCN(CC)C(C)c1cc(N)cc(C(=O)Nc2ccc(F)cc2C(F)(F)F)c1Cl. The molecule has 2 rings (SSSR count). The number of amides is 1. The maximum absolute atomic E-state index is 13.3. The number of anilines is 2. The monoisotopic (exact) mass is 431 g/mol. The highest BCUT2D eigenvalue weighted by Gasteiger charge is 2.34. The molecule has 0 aromatic heterocycles. The molecular weight excluding hydrogens is 410 g/mol. The lowest BCUT2D eigenvalue weighted by atomic mass is 10.0. The number of hydrogen-bond donors (Lipinski definition) is 2. The number of carbonyl (C=O) groups excluding carboxylic acids is 1. The van der Waals surface area contributed by atoms with Crippen LogP contribution in [0.2, 0.25) is 5.02 Å². The van der Waals surface area contributed by atoms with Gasteiger partial charge in [0.2, 0.25) is 0 Å². The molecule has 0 fully saturated rings. The summed E-state index contributed by atoms with van der Waals surface area (Å²) in [5.41, 5.74) is 4.84. The smallest absolute Gasteiger partial charge is 0.399 e. The molecule has 158 valence electrons. The van der Waals surface area contributed by atoms with Crippen LogP contribution in [-0.4, -0.2) is 23.9 Å². The number of nitrogens with one attached hydrogen (secondary N) is 1. The number of hydrogen-bond acceptors (Lipinski definition) is 3. The van der Waals surface area contributed by atoms with E-state index in [1.54, 1.807) is 6.07 Å².